The van der Waals surface area contributed by atoms with E-state index in [0.29, 0.717) is 21.7 Å². The molecule has 2 aromatic rings. The number of rotatable bonds is 3. The molecule has 17 heavy (non-hydrogen) atoms. The van der Waals surface area contributed by atoms with Crippen LogP contribution in [0.2, 0.25) is 5.15 Å². The van der Waals surface area contributed by atoms with Gasteiger partial charge in [-0.2, -0.15) is 0 Å². The lowest BCUT2D eigenvalue weighted by atomic mass is 10.2. The smallest absolute Gasteiger partial charge is 0.138 e. The molecule has 0 saturated heterocycles. The molecule has 0 atom stereocenters. The number of aromatic nitrogens is 2. The molecular formula is C11H11ClN4S. The Balaban J connectivity index is 2.46. The number of hydrogen-bond donors (Lipinski definition) is 2. The fourth-order valence-electron chi connectivity index (χ4n) is 1.37. The van der Waals surface area contributed by atoms with Crippen molar-refractivity contribution < 1.29 is 0 Å². The van der Waals surface area contributed by atoms with Crippen LogP contribution < -0.4 is 11.5 Å². The number of anilines is 1. The molecule has 4 nitrogen and oxygen atoms in total. The summed E-state index contributed by atoms with van der Waals surface area (Å²) in [5.74, 6) is 0.432. The van der Waals surface area contributed by atoms with Crippen LogP contribution in [0.5, 0.6) is 0 Å². The highest BCUT2D eigenvalue weighted by Gasteiger charge is 2.08. The second-order valence-electron chi connectivity index (χ2n) is 3.24. The van der Waals surface area contributed by atoms with Crippen LogP contribution >= 0.6 is 23.4 Å². The van der Waals surface area contributed by atoms with Crippen LogP contribution in [0.25, 0.3) is 11.3 Å². The molecule has 4 N–H and O–H groups in total. The molecule has 0 aliphatic carbocycles. The first kappa shape index (κ1) is 12.2. The molecule has 2 heterocycles. The van der Waals surface area contributed by atoms with Crippen LogP contribution in [-0.2, 0) is 0 Å². The van der Waals surface area contributed by atoms with Gasteiger partial charge in [-0.1, -0.05) is 23.4 Å². The summed E-state index contributed by atoms with van der Waals surface area (Å²) in [4.78, 5) is 8.44. The first-order chi connectivity index (χ1) is 8.22. The number of hydrogen-bond acceptors (Lipinski definition) is 5. The summed E-state index contributed by atoms with van der Waals surface area (Å²) in [7, 11) is 0. The maximum absolute atomic E-state index is 6.01. The lowest BCUT2D eigenvalue weighted by Gasteiger charge is -2.07. The zero-order valence-electron chi connectivity index (χ0n) is 8.93. The van der Waals surface area contributed by atoms with Gasteiger partial charge in [0, 0.05) is 17.6 Å². The predicted molar refractivity (Wildman–Crippen MR) is 71.8 cm³/mol. The number of nitrogens with two attached hydrogens (primary N) is 2. The maximum atomic E-state index is 6.01. The Hall–Kier alpha value is -1.30. The molecule has 0 bridgehead atoms. The van der Waals surface area contributed by atoms with Crippen molar-refractivity contribution in [3.63, 3.8) is 0 Å². The third-order valence-corrected chi connectivity index (χ3v) is 3.21. The average molecular weight is 267 g/mol. The molecule has 0 radical (unpaired) electrons. The highest BCUT2D eigenvalue weighted by Crippen LogP contribution is 2.28. The third-order valence-electron chi connectivity index (χ3n) is 2.14. The Kier molecular flexibility index (Phi) is 3.83. The molecule has 0 fully saturated rings. The molecule has 0 aliphatic heterocycles. The van der Waals surface area contributed by atoms with Gasteiger partial charge >= 0.3 is 0 Å². The third kappa shape index (κ3) is 2.69. The molecule has 88 valence electrons. The van der Waals surface area contributed by atoms with Crippen LogP contribution in [0.15, 0.2) is 35.5 Å². The summed E-state index contributed by atoms with van der Waals surface area (Å²) < 4.78 is 0. The zero-order valence-corrected chi connectivity index (χ0v) is 10.5. The van der Waals surface area contributed by atoms with Crippen molar-refractivity contribution in [3.8, 4) is 11.3 Å². The molecule has 0 unspecified atom stereocenters. The van der Waals surface area contributed by atoms with Gasteiger partial charge in [-0.3, -0.25) is 0 Å². The summed E-state index contributed by atoms with van der Waals surface area (Å²) in [5.41, 5.74) is 13.4. The minimum Gasteiger partial charge on any atom is -0.397 e. The average Bonchev–Trinajstić information content (AvgIpc) is 2.33. The van der Waals surface area contributed by atoms with E-state index in [-0.39, 0.29) is 0 Å². The SMILES string of the molecule is NCSc1nc(-c2cccnc2Cl)ccc1N. The van der Waals surface area contributed by atoms with E-state index < -0.39 is 0 Å². The summed E-state index contributed by atoms with van der Waals surface area (Å²) in [6, 6.07) is 7.29. The van der Waals surface area contributed by atoms with Gasteiger partial charge in [-0.25, -0.2) is 9.97 Å². The van der Waals surface area contributed by atoms with Crippen LogP contribution in [-0.4, -0.2) is 15.8 Å². The van der Waals surface area contributed by atoms with E-state index in [1.165, 1.54) is 11.8 Å². The molecule has 0 spiro atoms. The van der Waals surface area contributed by atoms with E-state index in [4.69, 9.17) is 23.1 Å². The van der Waals surface area contributed by atoms with Gasteiger partial charge in [0.2, 0.25) is 0 Å². The first-order valence-electron chi connectivity index (χ1n) is 4.92. The second-order valence-corrected chi connectivity index (χ2v) is 4.61. The van der Waals surface area contributed by atoms with Crippen LogP contribution in [0.4, 0.5) is 5.69 Å². The van der Waals surface area contributed by atoms with Crippen molar-refractivity contribution in [2.75, 3.05) is 11.6 Å². The summed E-state index contributed by atoms with van der Waals surface area (Å²) in [6.07, 6.45) is 1.64. The number of thioether (sulfide) groups is 1. The van der Waals surface area contributed by atoms with Gasteiger partial charge in [0.05, 0.1) is 11.4 Å². The van der Waals surface area contributed by atoms with Gasteiger partial charge in [-0.05, 0) is 24.3 Å². The Morgan fingerprint density at radius 2 is 2.12 bits per heavy atom. The maximum Gasteiger partial charge on any atom is 0.138 e. The van der Waals surface area contributed by atoms with Gasteiger partial charge < -0.3 is 11.5 Å². The first-order valence-corrected chi connectivity index (χ1v) is 6.29. The molecule has 2 aromatic heterocycles. The van der Waals surface area contributed by atoms with Crippen molar-refractivity contribution in [2.24, 2.45) is 5.73 Å². The molecule has 0 aromatic carbocycles. The van der Waals surface area contributed by atoms with Gasteiger partial charge in [0.1, 0.15) is 10.2 Å². The van der Waals surface area contributed by atoms with Crippen molar-refractivity contribution >= 4 is 29.1 Å². The quantitative estimate of drug-likeness (QED) is 0.507. The van der Waals surface area contributed by atoms with Gasteiger partial charge in [-0.15, -0.1) is 0 Å². The Labute approximate surface area is 108 Å². The standard InChI is InChI=1S/C11H11ClN4S/c12-10-7(2-1-5-15-10)9-4-3-8(14)11(16-9)17-6-13/h1-5H,6,13-14H2. The van der Waals surface area contributed by atoms with Gasteiger partial charge in [0.15, 0.2) is 0 Å². The Morgan fingerprint density at radius 3 is 2.82 bits per heavy atom. The molecule has 0 saturated carbocycles. The number of pyridine rings is 2. The molecule has 2 rings (SSSR count). The second kappa shape index (κ2) is 5.35. The molecule has 0 amide bonds. The minimum absolute atomic E-state index is 0.425. The van der Waals surface area contributed by atoms with E-state index in [0.717, 1.165) is 11.3 Å². The van der Waals surface area contributed by atoms with Crippen LogP contribution in [0, 0.1) is 0 Å². The van der Waals surface area contributed by atoms with Gasteiger partial charge in [0.25, 0.3) is 0 Å². The minimum atomic E-state index is 0.425. The van der Waals surface area contributed by atoms with E-state index in [1.54, 1.807) is 12.3 Å². The fourth-order valence-corrected chi connectivity index (χ4v) is 2.14. The topological polar surface area (TPSA) is 77.8 Å². The molecule has 6 heteroatoms. The Morgan fingerprint density at radius 1 is 1.29 bits per heavy atom. The van der Waals surface area contributed by atoms with E-state index in [2.05, 4.69) is 9.97 Å². The normalized spacial score (nSPS) is 10.5. The van der Waals surface area contributed by atoms with Crippen LogP contribution in [0.1, 0.15) is 0 Å². The van der Waals surface area contributed by atoms with Crippen molar-refractivity contribution in [2.45, 2.75) is 5.03 Å². The van der Waals surface area contributed by atoms with Crippen LogP contribution in [0.3, 0.4) is 0 Å². The van der Waals surface area contributed by atoms with Crippen molar-refractivity contribution in [3.05, 3.63) is 35.6 Å². The number of nitrogens with zero attached hydrogens (tertiary/aromatic N) is 2. The van der Waals surface area contributed by atoms with Crippen molar-refractivity contribution in [1.29, 1.82) is 0 Å². The summed E-state index contributed by atoms with van der Waals surface area (Å²) in [5, 5.41) is 1.14. The number of nitrogen functional groups attached to an aromatic ring is 1. The summed E-state index contributed by atoms with van der Waals surface area (Å²) >= 11 is 7.41. The van der Waals surface area contributed by atoms with E-state index in [9.17, 15) is 0 Å². The number of halogens is 1. The fraction of sp³-hybridized carbons (Fsp3) is 0.0909. The zero-order chi connectivity index (χ0) is 12.3. The lowest BCUT2D eigenvalue weighted by Crippen LogP contribution is -1.98. The van der Waals surface area contributed by atoms with E-state index >= 15 is 0 Å². The van der Waals surface area contributed by atoms with E-state index in [1.807, 2.05) is 18.2 Å². The summed E-state index contributed by atoms with van der Waals surface area (Å²) in [6.45, 7) is 0. The largest absolute Gasteiger partial charge is 0.397 e. The highest BCUT2D eigenvalue weighted by molar-refractivity contribution is 7.99. The predicted octanol–water partition coefficient (Wildman–Crippen LogP) is 2.39. The monoisotopic (exact) mass is 266 g/mol. The Bertz CT molecular complexity index is 533. The lowest BCUT2D eigenvalue weighted by molar-refractivity contribution is 1.14. The molecular weight excluding hydrogens is 256 g/mol. The van der Waals surface area contributed by atoms with Crippen molar-refractivity contribution in [1.82, 2.24) is 9.97 Å². The molecule has 0 aliphatic rings. The highest BCUT2D eigenvalue weighted by atomic mass is 35.5.